The molecule has 0 spiro atoms. The number of hydrogen-bond acceptors (Lipinski definition) is 2. The fourth-order valence-electron chi connectivity index (χ4n) is 1.67. The van der Waals surface area contributed by atoms with E-state index in [1.54, 1.807) is 17.4 Å². The van der Waals surface area contributed by atoms with Crippen molar-refractivity contribution in [2.24, 2.45) is 0 Å². The molecular weight excluding hydrogens is 320 g/mol. The van der Waals surface area contributed by atoms with Gasteiger partial charge in [-0.15, -0.1) is 11.3 Å². The predicted molar refractivity (Wildman–Crippen MR) is 88.1 cm³/mol. The van der Waals surface area contributed by atoms with Gasteiger partial charge >= 0.3 is 0 Å². The summed E-state index contributed by atoms with van der Waals surface area (Å²) in [4.78, 5) is 1.19. The Morgan fingerprint density at radius 2 is 1.86 bits per heavy atom. The van der Waals surface area contributed by atoms with Crippen molar-refractivity contribution >= 4 is 17.4 Å². The number of allylic oxidation sites excluding steroid dienone is 6. The van der Waals surface area contributed by atoms with Crippen LogP contribution >= 0.6 is 11.3 Å². The van der Waals surface area contributed by atoms with E-state index in [9.17, 15) is 5.11 Å². The zero-order valence-corrected chi connectivity index (χ0v) is 13.6. The topological polar surface area (TPSA) is 20.2 Å². The molecule has 0 saturated carbocycles. The van der Waals surface area contributed by atoms with Crippen LogP contribution in [0.2, 0.25) is 0 Å². The first-order valence-corrected chi connectivity index (χ1v) is 7.32. The van der Waals surface area contributed by atoms with E-state index >= 15 is 0 Å². The third-order valence-electron chi connectivity index (χ3n) is 2.81. The Bertz CT molecular complexity index is 611. The summed E-state index contributed by atoms with van der Waals surface area (Å²) < 4.78 is 0. The van der Waals surface area contributed by atoms with E-state index in [0.717, 1.165) is 5.57 Å². The summed E-state index contributed by atoms with van der Waals surface area (Å²) in [5, 5.41) is 11.8. The van der Waals surface area contributed by atoms with Crippen LogP contribution in [-0.4, -0.2) is 5.11 Å². The molecule has 0 aliphatic heterocycles. The summed E-state index contributed by atoms with van der Waals surface area (Å²) in [5.41, 5.74) is 2.10. The van der Waals surface area contributed by atoms with Crippen molar-refractivity contribution in [1.29, 1.82) is 0 Å². The minimum Gasteiger partial charge on any atom is -0.507 e. The average molecular weight is 337 g/mol. The van der Waals surface area contributed by atoms with Crippen LogP contribution < -0.4 is 0 Å². The Labute approximate surface area is 140 Å². The van der Waals surface area contributed by atoms with E-state index < -0.39 is 0 Å². The predicted octanol–water partition coefficient (Wildman–Crippen LogP) is 5.41. The molecule has 0 fully saturated rings. The molecule has 0 radical (unpaired) electrons. The molecule has 1 nitrogen and oxygen atoms in total. The molecule has 3 rings (SSSR count). The molecule has 1 heterocycles. The van der Waals surface area contributed by atoms with Crippen molar-refractivity contribution in [2.45, 2.75) is 6.92 Å². The number of aliphatic hydroxyl groups is 1. The van der Waals surface area contributed by atoms with E-state index in [0.29, 0.717) is 5.76 Å². The molecule has 1 N–H and O–H groups in total. The van der Waals surface area contributed by atoms with Crippen molar-refractivity contribution in [3.8, 4) is 0 Å². The summed E-state index contributed by atoms with van der Waals surface area (Å²) in [5.74, 6) is 0.313. The van der Waals surface area contributed by atoms with Crippen LogP contribution in [0.4, 0.5) is 0 Å². The van der Waals surface area contributed by atoms with Crippen LogP contribution in [0, 0.1) is 6.92 Å². The van der Waals surface area contributed by atoms with Gasteiger partial charge in [-0.25, -0.2) is 12.1 Å². The first kappa shape index (κ1) is 17.4. The van der Waals surface area contributed by atoms with Gasteiger partial charge in [0.05, 0.1) is 0 Å². The standard InChI is InChI=1S/C13H12OS.C5H5.Fe/c1-10-8-9-15-13(10)7-6-12(14)11-4-2-3-5-11;1-2-4-5-3-1;/h2-9,14H,1H3;1-5H;/q;-1;/b7-6+;;. The van der Waals surface area contributed by atoms with Gasteiger partial charge in [-0.3, -0.25) is 0 Å². The quantitative estimate of drug-likeness (QED) is 0.441. The zero-order chi connectivity index (χ0) is 14.2. The maximum Gasteiger partial charge on any atom is 0.122 e. The number of thiophene rings is 1. The maximum absolute atomic E-state index is 9.73. The fraction of sp³-hybridized carbons (Fsp3) is 0.0556. The van der Waals surface area contributed by atoms with Crippen LogP contribution in [0.5, 0.6) is 0 Å². The summed E-state index contributed by atoms with van der Waals surface area (Å²) >= 11 is 1.68. The maximum atomic E-state index is 9.73. The molecule has 1 aliphatic carbocycles. The molecule has 0 atom stereocenters. The van der Waals surface area contributed by atoms with Crippen LogP contribution in [0.1, 0.15) is 10.4 Å². The van der Waals surface area contributed by atoms with Crippen molar-refractivity contribution in [2.75, 3.05) is 0 Å². The fourth-order valence-corrected chi connectivity index (χ4v) is 2.49. The number of aryl methyl sites for hydroxylation is 1. The van der Waals surface area contributed by atoms with Gasteiger partial charge in [0, 0.05) is 27.5 Å². The third kappa shape index (κ3) is 5.68. The summed E-state index contributed by atoms with van der Waals surface area (Å²) in [6.07, 6.45) is 11.3. The molecule has 2 aromatic rings. The first-order valence-electron chi connectivity index (χ1n) is 6.44. The Morgan fingerprint density at radius 1 is 1.19 bits per heavy atom. The molecule has 110 valence electrons. The van der Waals surface area contributed by atoms with E-state index in [-0.39, 0.29) is 17.1 Å². The molecule has 3 heteroatoms. The van der Waals surface area contributed by atoms with Gasteiger partial charge in [-0.2, -0.15) is 18.2 Å². The van der Waals surface area contributed by atoms with Gasteiger partial charge < -0.3 is 5.11 Å². The van der Waals surface area contributed by atoms with Gasteiger partial charge in [-0.05, 0) is 36.1 Å². The molecule has 0 amide bonds. The van der Waals surface area contributed by atoms with Gasteiger partial charge in [-0.1, -0.05) is 24.3 Å². The number of hydrogen-bond donors (Lipinski definition) is 1. The minimum atomic E-state index is 0. The largest absolute Gasteiger partial charge is 0.507 e. The Balaban J connectivity index is 0.000000313. The van der Waals surface area contributed by atoms with Crippen LogP contribution in [-0.2, 0) is 17.1 Å². The molecule has 1 aliphatic rings. The van der Waals surface area contributed by atoms with Crippen LogP contribution in [0.25, 0.3) is 6.08 Å². The third-order valence-corrected chi connectivity index (χ3v) is 3.79. The van der Waals surface area contributed by atoms with Gasteiger partial charge in [0.15, 0.2) is 0 Å². The van der Waals surface area contributed by atoms with Crippen LogP contribution in [0.15, 0.2) is 83.5 Å². The second kappa shape index (κ2) is 9.30. The first-order chi connectivity index (χ1) is 9.77. The van der Waals surface area contributed by atoms with Gasteiger partial charge in [0.2, 0.25) is 0 Å². The molecule has 0 bridgehead atoms. The Morgan fingerprint density at radius 3 is 2.33 bits per heavy atom. The second-order valence-electron chi connectivity index (χ2n) is 4.32. The van der Waals surface area contributed by atoms with E-state index in [1.165, 1.54) is 10.4 Å². The molecule has 1 aromatic carbocycles. The van der Waals surface area contributed by atoms with Crippen LogP contribution in [0.3, 0.4) is 0 Å². The van der Waals surface area contributed by atoms with E-state index in [2.05, 4.69) is 18.4 Å². The smallest absolute Gasteiger partial charge is 0.122 e. The van der Waals surface area contributed by atoms with E-state index in [4.69, 9.17) is 0 Å². The molecule has 0 saturated heterocycles. The molecular formula is C18H17FeOS-. The van der Waals surface area contributed by atoms with Crippen molar-refractivity contribution in [3.63, 3.8) is 0 Å². The second-order valence-corrected chi connectivity index (χ2v) is 5.27. The van der Waals surface area contributed by atoms with E-state index in [1.807, 2.05) is 60.7 Å². The van der Waals surface area contributed by atoms with Crippen molar-refractivity contribution in [3.05, 3.63) is 93.9 Å². The zero-order valence-electron chi connectivity index (χ0n) is 11.7. The average Bonchev–Trinajstić information content (AvgIpc) is 3.20. The van der Waals surface area contributed by atoms with Gasteiger partial charge in [0.1, 0.15) is 5.76 Å². The minimum absolute atomic E-state index is 0. The summed E-state index contributed by atoms with van der Waals surface area (Å²) in [6.45, 7) is 2.07. The number of aliphatic hydroxyl groups excluding tert-OH is 1. The number of rotatable bonds is 2. The molecule has 21 heavy (non-hydrogen) atoms. The normalized spacial score (nSPS) is 12.1. The summed E-state index contributed by atoms with van der Waals surface area (Å²) in [6, 6.07) is 12.1. The van der Waals surface area contributed by atoms with Crippen molar-refractivity contribution < 1.29 is 22.2 Å². The van der Waals surface area contributed by atoms with Gasteiger partial charge in [0.25, 0.3) is 0 Å². The SMILES string of the molecule is Cc1ccsc1/C=C/C(O)=C1C=CC=C1.[Fe].c1cc[cH-]c1. The van der Waals surface area contributed by atoms with Crippen molar-refractivity contribution in [1.82, 2.24) is 0 Å². The monoisotopic (exact) mass is 337 g/mol. The summed E-state index contributed by atoms with van der Waals surface area (Å²) in [7, 11) is 0. The molecule has 1 aromatic heterocycles. The molecule has 0 unspecified atom stereocenters. The Hall–Kier alpha value is -1.67. The Kier molecular flexibility index (Phi) is 7.70.